The first-order valence-electron chi connectivity index (χ1n) is 8.48. The van der Waals surface area contributed by atoms with Crippen LogP contribution in [0, 0.1) is 0 Å². The van der Waals surface area contributed by atoms with Gasteiger partial charge in [0.1, 0.15) is 0 Å². The Kier molecular flexibility index (Phi) is 6.76. The van der Waals surface area contributed by atoms with Crippen LogP contribution in [0.2, 0.25) is 0 Å². The molecule has 0 bridgehead atoms. The van der Waals surface area contributed by atoms with Crippen molar-refractivity contribution in [3.63, 3.8) is 0 Å². The van der Waals surface area contributed by atoms with Crippen LogP contribution in [0.3, 0.4) is 0 Å². The molecule has 0 aliphatic rings. The molecule has 2 amide bonds. The van der Waals surface area contributed by atoms with E-state index in [0.717, 1.165) is 5.56 Å². The van der Waals surface area contributed by atoms with Crippen LogP contribution in [0.5, 0.6) is 0 Å². The summed E-state index contributed by atoms with van der Waals surface area (Å²) in [6, 6.07) is 15.6. The van der Waals surface area contributed by atoms with Gasteiger partial charge in [-0.15, -0.1) is 0 Å². The minimum Gasteiger partial charge on any atom is -0.334 e. The van der Waals surface area contributed by atoms with Gasteiger partial charge in [-0.1, -0.05) is 42.5 Å². The summed E-state index contributed by atoms with van der Waals surface area (Å²) >= 11 is 0. The molecule has 0 saturated carbocycles. The minimum absolute atomic E-state index is 0.127. The third kappa shape index (κ3) is 5.86. The molecule has 0 aromatic heterocycles. The Morgan fingerprint density at radius 1 is 1.00 bits per heavy atom. The monoisotopic (exact) mass is 375 g/mol. The number of urea groups is 1. The smallest absolute Gasteiger partial charge is 0.315 e. The summed E-state index contributed by atoms with van der Waals surface area (Å²) < 4.78 is 27.0. The predicted octanol–water partition coefficient (Wildman–Crippen LogP) is 2.93. The van der Waals surface area contributed by atoms with Crippen molar-refractivity contribution < 1.29 is 13.2 Å². The predicted molar refractivity (Wildman–Crippen MR) is 102 cm³/mol. The molecule has 0 spiro atoms. The van der Waals surface area contributed by atoms with E-state index < -0.39 is 10.0 Å². The van der Waals surface area contributed by atoms with Crippen LogP contribution in [0.4, 0.5) is 4.79 Å². The fourth-order valence-corrected chi connectivity index (χ4v) is 3.78. The van der Waals surface area contributed by atoms with Gasteiger partial charge < -0.3 is 10.6 Å². The maximum absolute atomic E-state index is 12.2. The summed E-state index contributed by atoms with van der Waals surface area (Å²) in [5.74, 6) is 0. The number of nitrogens with one attached hydrogen (secondary N) is 3. The van der Waals surface area contributed by atoms with Crippen molar-refractivity contribution >= 4 is 16.1 Å². The Hall–Kier alpha value is -2.38. The molecule has 140 valence electrons. The van der Waals surface area contributed by atoms with Crippen LogP contribution in [0.1, 0.15) is 37.9 Å². The number of benzene rings is 2. The van der Waals surface area contributed by atoms with E-state index in [1.54, 1.807) is 32.0 Å². The third-order valence-electron chi connectivity index (χ3n) is 3.70. The molecule has 2 aromatic rings. The summed E-state index contributed by atoms with van der Waals surface area (Å²) in [4.78, 5) is 12.3. The van der Waals surface area contributed by atoms with Gasteiger partial charge in [-0.3, -0.25) is 0 Å². The van der Waals surface area contributed by atoms with Gasteiger partial charge in [-0.05, 0) is 44.0 Å². The van der Waals surface area contributed by atoms with Crippen molar-refractivity contribution in [3.05, 3.63) is 65.7 Å². The second-order valence-corrected chi connectivity index (χ2v) is 8.10. The lowest BCUT2D eigenvalue weighted by molar-refractivity contribution is 0.237. The number of hydrogen-bond acceptors (Lipinski definition) is 3. The molecule has 0 aliphatic carbocycles. The fourth-order valence-electron chi connectivity index (χ4n) is 2.46. The number of amides is 2. The van der Waals surface area contributed by atoms with Crippen LogP contribution in [-0.4, -0.2) is 20.5 Å². The van der Waals surface area contributed by atoms with E-state index in [1.807, 2.05) is 37.3 Å². The maximum atomic E-state index is 12.2. The van der Waals surface area contributed by atoms with Crippen molar-refractivity contribution in [3.8, 4) is 0 Å². The Labute approximate surface area is 155 Å². The van der Waals surface area contributed by atoms with Gasteiger partial charge in [0.2, 0.25) is 10.0 Å². The zero-order valence-corrected chi connectivity index (χ0v) is 16.0. The van der Waals surface area contributed by atoms with E-state index in [9.17, 15) is 13.2 Å². The van der Waals surface area contributed by atoms with Gasteiger partial charge in [-0.2, -0.15) is 0 Å². The van der Waals surface area contributed by atoms with E-state index >= 15 is 0 Å². The number of hydrogen-bond donors (Lipinski definition) is 3. The Morgan fingerprint density at radius 2 is 1.69 bits per heavy atom. The summed E-state index contributed by atoms with van der Waals surface area (Å²) in [6.07, 6.45) is 0. The summed E-state index contributed by atoms with van der Waals surface area (Å²) in [5.41, 5.74) is 1.72. The first-order chi connectivity index (χ1) is 12.3. The standard InChI is InChI=1S/C19H25N3O3S/c1-14(2)22-26(24,25)18-11-7-8-16(12-18)13-20-19(23)21-15(3)17-9-5-4-6-10-17/h4-12,14-15,22H,13H2,1-3H3,(H2,20,21,23)/t15-/m1/s1. The van der Waals surface area contributed by atoms with Crippen LogP contribution in [0.25, 0.3) is 0 Å². The minimum atomic E-state index is -3.55. The third-order valence-corrected chi connectivity index (χ3v) is 5.36. The average Bonchev–Trinajstić information content (AvgIpc) is 2.60. The highest BCUT2D eigenvalue weighted by atomic mass is 32.2. The lowest BCUT2D eigenvalue weighted by Gasteiger charge is -2.15. The van der Waals surface area contributed by atoms with Gasteiger partial charge in [0.15, 0.2) is 0 Å². The SMILES string of the molecule is CC(C)NS(=O)(=O)c1cccc(CNC(=O)N[C@H](C)c2ccccc2)c1. The summed E-state index contributed by atoms with van der Waals surface area (Å²) in [5, 5.41) is 5.61. The highest BCUT2D eigenvalue weighted by Crippen LogP contribution is 2.13. The van der Waals surface area contributed by atoms with Crippen LogP contribution >= 0.6 is 0 Å². The van der Waals surface area contributed by atoms with Gasteiger partial charge >= 0.3 is 6.03 Å². The highest BCUT2D eigenvalue weighted by Gasteiger charge is 2.15. The van der Waals surface area contributed by atoms with Gasteiger partial charge in [0.05, 0.1) is 10.9 Å². The van der Waals surface area contributed by atoms with Crippen LogP contribution < -0.4 is 15.4 Å². The molecule has 0 aliphatic heterocycles. The lowest BCUT2D eigenvalue weighted by atomic mass is 10.1. The first kappa shape index (κ1) is 19.9. The second kappa shape index (κ2) is 8.82. The molecule has 1 atom stereocenters. The van der Waals surface area contributed by atoms with Crippen molar-refractivity contribution in [2.24, 2.45) is 0 Å². The van der Waals surface area contributed by atoms with Crippen molar-refractivity contribution in [1.82, 2.24) is 15.4 Å². The highest BCUT2D eigenvalue weighted by molar-refractivity contribution is 7.89. The topological polar surface area (TPSA) is 87.3 Å². The van der Waals surface area contributed by atoms with Crippen LogP contribution in [0.15, 0.2) is 59.5 Å². The molecule has 0 heterocycles. The normalized spacial score (nSPS) is 12.6. The quantitative estimate of drug-likeness (QED) is 0.695. The molecule has 0 unspecified atom stereocenters. The van der Waals surface area contributed by atoms with Gasteiger partial charge in [0, 0.05) is 12.6 Å². The zero-order valence-electron chi connectivity index (χ0n) is 15.2. The molecule has 3 N–H and O–H groups in total. The summed E-state index contributed by atoms with van der Waals surface area (Å²) in [7, 11) is -3.55. The van der Waals surface area contributed by atoms with Crippen LogP contribution in [-0.2, 0) is 16.6 Å². The van der Waals surface area contributed by atoms with E-state index in [0.29, 0.717) is 5.56 Å². The van der Waals surface area contributed by atoms with Gasteiger partial charge in [-0.25, -0.2) is 17.9 Å². The molecule has 0 radical (unpaired) electrons. The van der Waals surface area contributed by atoms with E-state index in [-0.39, 0.29) is 29.6 Å². The fraction of sp³-hybridized carbons (Fsp3) is 0.316. The molecule has 26 heavy (non-hydrogen) atoms. The molecular weight excluding hydrogens is 350 g/mol. The number of rotatable bonds is 7. The molecule has 0 saturated heterocycles. The van der Waals surface area contributed by atoms with Crippen molar-refractivity contribution in [1.29, 1.82) is 0 Å². The average molecular weight is 375 g/mol. The Bertz CT molecular complexity index is 836. The number of sulfonamides is 1. The lowest BCUT2D eigenvalue weighted by Crippen LogP contribution is -2.36. The zero-order chi connectivity index (χ0) is 19.2. The Balaban J connectivity index is 1.95. The van der Waals surface area contributed by atoms with Crippen molar-refractivity contribution in [2.75, 3.05) is 0 Å². The molecule has 6 nitrogen and oxygen atoms in total. The van der Waals surface area contributed by atoms with Crippen molar-refractivity contribution in [2.45, 2.75) is 44.3 Å². The summed E-state index contributed by atoms with van der Waals surface area (Å²) in [6.45, 7) is 5.67. The van der Waals surface area contributed by atoms with E-state index in [4.69, 9.17) is 0 Å². The first-order valence-corrected chi connectivity index (χ1v) is 9.97. The molecular formula is C19H25N3O3S. The molecule has 2 rings (SSSR count). The molecule has 7 heteroatoms. The largest absolute Gasteiger partial charge is 0.334 e. The number of carbonyl (C=O) groups is 1. The number of carbonyl (C=O) groups excluding carboxylic acids is 1. The van der Waals surface area contributed by atoms with Gasteiger partial charge in [0.25, 0.3) is 0 Å². The second-order valence-electron chi connectivity index (χ2n) is 6.38. The van der Waals surface area contributed by atoms with E-state index in [1.165, 1.54) is 6.07 Å². The Morgan fingerprint density at radius 3 is 2.35 bits per heavy atom. The molecule has 0 fully saturated rings. The van der Waals surface area contributed by atoms with E-state index in [2.05, 4.69) is 15.4 Å². The molecule has 2 aromatic carbocycles. The maximum Gasteiger partial charge on any atom is 0.315 e.